The number of ether oxygens (including phenoxy) is 3. The Balaban J connectivity index is 1.65. The van der Waals surface area contributed by atoms with E-state index < -0.39 is 5.60 Å². The molecule has 2 aliphatic heterocycles. The van der Waals surface area contributed by atoms with E-state index in [1.54, 1.807) is 13.3 Å². The van der Waals surface area contributed by atoms with Crippen LogP contribution in [0.3, 0.4) is 0 Å². The van der Waals surface area contributed by atoms with E-state index in [0.29, 0.717) is 71.1 Å². The first-order valence-electron chi connectivity index (χ1n) is 11.6. The molecule has 2 atom stereocenters. The lowest BCUT2D eigenvalue weighted by Gasteiger charge is -2.39. The lowest BCUT2D eigenvalue weighted by atomic mass is 9.82. The summed E-state index contributed by atoms with van der Waals surface area (Å²) in [7, 11) is 5.39. The van der Waals surface area contributed by atoms with Gasteiger partial charge in [0.05, 0.1) is 67.8 Å². The van der Waals surface area contributed by atoms with Crippen molar-refractivity contribution in [3.05, 3.63) is 46.5 Å². The number of aryl methyl sites for hydroxylation is 1. The fraction of sp³-hybridized carbons (Fsp3) is 0.480. The molecule has 1 saturated heterocycles. The van der Waals surface area contributed by atoms with Gasteiger partial charge in [0, 0.05) is 25.4 Å². The number of aliphatic hydroxyl groups is 1. The summed E-state index contributed by atoms with van der Waals surface area (Å²) >= 11 is 6.88. The van der Waals surface area contributed by atoms with Gasteiger partial charge in [0.15, 0.2) is 5.60 Å². The van der Waals surface area contributed by atoms with Crippen molar-refractivity contribution in [2.24, 2.45) is 18.0 Å². The third-order valence-corrected chi connectivity index (χ3v) is 7.59. The fourth-order valence-electron chi connectivity index (χ4n) is 4.73. The average molecular weight is 500 g/mol. The molecule has 0 aliphatic carbocycles. The van der Waals surface area contributed by atoms with E-state index in [-0.39, 0.29) is 6.04 Å². The number of fused-ring (bicyclic) bond motifs is 1. The Morgan fingerprint density at radius 2 is 2.03 bits per heavy atom. The van der Waals surface area contributed by atoms with Gasteiger partial charge in [-0.3, -0.25) is 4.99 Å². The monoisotopic (exact) mass is 499 g/mol. The largest absolute Gasteiger partial charge is 0.486 e. The molecule has 0 saturated carbocycles. The summed E-state index contributed by atoms with van der Waals surface area (Å²) in [6.07, 6.45) is 1.73. The normalized spacial score (nSPS) is 20.0. The molecule has 0 radical (unpaired) electrons. The van der Waals surface area contributed by atoms with Crippen LogP contribution in [0.15, 0.2) is 29.4 Å². The molecule has 4 heterocycles. The molecule has 186 valence electrons. The Bertz CT molecular complexity index is 1300. The number of amidine groups is 1. The molecular weight excluding hydrogens is 470 g/mol. The first-order chi connectivity index (χ1) is 16.8. The zero-order chi connectivity index (χ0) is 24.9. The van der Waals surface area contributed by atoms with Crippen LogP contribution in [0.4, 0.5) is 0 Å². The van der Waals surface area contributed by atoms with Gasteiger partial charge in [-0.05, 0) is 31.5 Å². The molecule has 9 nitrogen and oxygen atoms in total. The number of benzene rings is 1. The van der Waals surface area contributed by atoms with Gasteiger partial charge in [-0.25, -0.2) is 9.97 Å². The molecule has 0 spiro atoms. The van der Waals surface area contributed by atoms with Gasteiger partial charge in [-0.2, -0.15) is 0 Å². The Hall–Kier alpha value is -2.88. The van der Waals surface area contributed by atoms with Gasteiger partial charge in [0.2, 0.25) is 5.75 Å². The second-order valence-corrected chi connectivity index (χ2v) is 9.62. The Kier molecular flexibility index (Phi) is 6.11. The summed E-state index contributed by atoms with van der Waals surface area (Å²) in [6, 6.07) is 5.28. The second kappa shape index (κ2) is 8.96. The summed E-state index contributed by atoms with van der Waals surface area (Å²) in [6.45, 7) is 6.10. The van der Waals surface area contributed by atoms with Crippen molar-refractivity contribution in [3.8, 4) is 11.6 Å². The van der Waals surface area contributed by atoms with Crippen molar-refractivity contribution < 1.29 is 19.3 Å². The van der Waals surface area contributed by atoms with E-state index >= 15 is 0 Å². The molecule has 3 aromatic rings. The Morgan fingerprint density at radius 3 is 2.60 bits per heavy atom. The van der Waals surface area contributed by atoms with Crippen molar-refractivity contribution in [3.63, 3.8) is 0 Å². The number of methoxy groups -OCH3 is 1. The molecule has 10 heteroatoms. The summed E-state index contributed by atoms with van der Waals surface area (Å²) < 4.78 is 18.7. The van der Waals surface area contributed by atoms with Crippen LogP contribution in [-0.2, 0) is 17.4 Å². The third-order valence-electron chi connectivity index (χ3n) is 7.22. The maximum atomic E-state index is 12.5. The molecule has 2 aliphatic rings. The predicted octanol–water partition coefficient (Wildman–Crippen LogP) is 2.93. The number of likely N-dealkylation sites (N-methyl/N-ethyl adjacent to an activating group) is 1. The Morgan fingerprint density at radius 1 is 1.26 bits per heavy atom. The minimum Gasteiger partial charge on any atom is -0.486 e. The number of imidazole rings is 1. The van der Waals surface area contributed by atoms with E-state index in [9.17, 15) is 5.11 Å². The fourth-order valence-corrected chi connectivity index (χ4v) is 5.01. The highest BCUT2D eigenvalue weighted by Crippen LogP contribution is 2.43. The predicted molar refractivity (Wildman–Crippen MR) is 134 cm³/mol. The second-order valence-electron chi connectivity index (χ2n) is 9.24. The van der Waals surface area contributed by atoms with E-state index in [1.807, 2.05) is 55.6 Å². The summed E-state index contributed by atoms with van der Waals surface area (Å²) in [5.74, 6) is 2.71. The van der Waals surface area contributed by atoms with Crippen LogP contribution in [0.2, 0.25) is 5.02 Å². The first kappa shape index (κ1) is 23.8. The van der Waals surface area contributed by atoms with Crippen LogP contribution >= 0.6 is 11.6 Å². The van der Waals surface area contributed by atoms with Gasteiger partial charge in [-0.1, -0.05) is 17.7 Å². The number of rotatable bonds is 7. The van der Waals surface area contributed by atoms with Crippen LogP contribution in [0.25, 0.3) is 10.9 Å². The van der Waals surface area contributed by atoms with Gasteiger partial charge < -0.3 is 28.8 Å². The zero-order valence-corrected chi connectivity index (χ0v) is 21.3. The quantitative estimate of drug-likeness (QED) is 0.534. The molecule has 5 rings (SSSR count). The van der Waals surface area contributed by atoms with Crippen LogP contribution in [0.1, 0.15) is 24.0 Å². The van der Waals surface area contributed by atoms with Crippen molar-refractivity contribution >= 4 is 28.3 Å². The lowest BCUT2D eigenvalue weighted by molar-refractivity contribution is -0.0511. The van der Waals surface area contributed by atoms with Crippen molar-refractivity contribution in [1.29, 1.82) is 0 Å². The molecule has 0 amide bonds. The molecule has 2 unspecified atom stereocenters. The third kappa shape index (κ3) is 3.82. The lowest BCUT2D eigenvalue weighted by Crippen LogP contribution is -2.51. The number of hydrogen-bond acceptors (Lipinski definition) is 8. The van der Waals surface area contributed by atoms with Crippen LogP contribution in [0, 0.1) is 12.8 Å². The highest BCUT2D eigenvalue weighted by atomic mass is 35.5. The molecule has 1 N–H and O–H groups in total. The number of halogens is 1. The Labute approximate surface area is 209 Å². The average Bonchev–Trinajstić information content (AvgIpc) is 3.34. The summed E-state index contributed by atoms with van der Waals surface area (Å²) in [5, 5.41) is 13.5. The van der Waals surface area contributed by atoms with E-state index in [4.69, 9.17) is 25.8 Å². The molecule has 35 heavy (non-hydrogen) atoms. The van der Waals surface area contributed by atoms with E-state index in [2.05, 4.69) is 15.0 Å². The number of pyridine rings is 1. The molecule has 0 bridgehead atoms. The van der Waals surface area contributed by atoms with E-state index in [1.165, 1.54) is 0 Å². The van der Waals surface area contributed by atoms with Gasteiger partial charge in [0.25, 0.3) is 5.88 Å². The van der Waals surface area contributed by atoms with Crippen molar-refractivity contribution in [2.45, 2.75) is 25.5 Å². The summed E-state index contributed by atoms with van der Waals surface area (Å²) in [5.41, 5.74) is 0.580. The van der Waals surface area contributed by atoms with Crippen molar-refractivity contribution in [1.82, 2.24) is 19.4 Å². The minimum absolute atomic E-state index is 0.317. The first-order valence-corrected chi connectivity index (χ1v) is 12.0. The smallest absolute Gasteiger partial charge is 0.258 e. The molecule has 1 fully saturated rings. The van der Waals surface area contributed by atoms with Crippen LogP contribution < -0.4 is 9.47 Å². The number of hydrogen-bond donors (Lipinski definition) is 1. The number of nitrogens with zero attached hydrogens (tertiary/aromatic N) is 5. The summed E-state index contributed by atoms with van der Waals surface area (Å²) in [4.78, 5) is 15.7. The highest BCUT2D eigenvalue weighted by Gasteiger charge is 2.47. The highest BCUT2D eigenvalue weighted by molar-refractivity contribution is 6.37. The van der Waals surface area contributed by atoms with Gasteiger partial charge >= 0.3 is 0 Å². The molecule has 1 aromatic carbocycles. The van der Waals surface area contributed by atoms with Gasteiger partial charge in [0.1, 0.15) is 5.82 Å². The topological polar surface area (TPSA) is 94.2 Å². The maximum Gasteiger partial charge on any atom is 0.258 e. The number of aliphatic imine (C=N–C) groups is 1. The molecular formula is C25H30ClN5O4. The van der Waals surface area contributed by atoms with Gasteiger partial charge in [-0.15, -0.1) is 0 Å². The van der Waals surface area contributed by atoms with Crippen LogP contribution in [-0.4, -0.2) is 76.9 Å². The standard InChI is InChI=1S/C25H30ClN5O4/c1-14-27-9-20(30(14)3)25(32,21-10-28-15(2)31(21)4)17-6-7-19-18(8-17)22(26)23(24(29-19)33-5)35-13-16-11-34-12-16/h6-9,16,21,32H,10-13H2,1-5H3. The molecule has 2 aromatic heterocycles. The van der Waals surface area contributed by atoms with Crippen molar-refractivity contribution in [2.75, 3.05) is 40.5 Å². The zero-order valence-electron chi connectivity index (χ0n) is 20.6. The van der Waals surface area contributed by atoms with E-state index in [0.717, 1.165) is 11.7 Å². The number of aromatic nitrogens is 3. The minimum atomic E-state index is -1.41. The maximum absolute atomic E-state index is 12.5. The SMILES string of the molecule is COc1nc2ccc(C(O)(c3cnc(C)n3C)C3CN=C(C)N3C)cc2c(Cl)c1OCC1COC1. The van der Waals surface area contributed by atoms with Crippen LogP contribution in [0.5, 0.6) is 11.6 Å².